The maximum atomic E-state index is 5.92. The molecule has 17 heavy (non-hydrogen) atoms. The van der Waals surface area contributed by atoms with Gasteiger partial charge >= 0.3 is 0 Å². The largest absolute Gasteiger partial charge is 0.435 e. The first kappa shape index (κ1) is 11.9. The number of hydrogen-bond donors (Lipinski definition) is 0. The average Bonchev–Trinajstić information content (AvgIpc) is 2.63. The minimum absolute atomic E-state index is 0.384. The highest BCUT2D eigenvalue weighted by Crippen LogP contribution is 2.27. The van der Waals surface area contributed by atoms with Gasteiger partial charge in [0.2, 0.25) is 5.88 Å². The van der Waals surface area contributed by atoms with Gasteiger partial charge < -0.3 is 4.74 Å². The molecule has 0 aliphatic heterocycles. The summed E-state index contributed by atoms with van der Waals surface area (Å²) in [5.41, 5.74) is 2.92. The maximum Gasteiger partial charge on any atom is 0.224 e. The molecule has 5 heteroatoms. The van der Waals surface area contributed by atoms with Crippen molar-refractivity contribution in [3.8, 4) is 11.6 Å². The Morgan fingerprint density at radius 2 is 2.18 bits per heavy atom. The van der Waals surface area contributed by atoms with Crippen LogP contribution in [0.3, 0.4) is 0 Å². The lowest BCUT2D eigenvalue weighted by atomic mass is 10.1. The number of aromatic nitrogens is 3. The zero-order valence-electron chi connectivity index (χ0n) is 10.1. The summed E-state index contributed by atoms with van der Waals surface area (Å²) in [6.45, 7) is 3.93. The van der Waals surface area contributed by atoms with Gasteiger partial charge in [0.15, 0.2) is 5.75 Å². The lowest BCUT2D eigenvalue weighted by Crippen LogP contribution is -1.97. The fourth-order valence-corrected chi connectivity index (χ4v) is 1.96. The monoisotopic (exact) mass is 251 g/mol. The van der Waals surface area contributed by atoms with Crippen molar-refractivity contribution in [2.75, 3.05) is 0 Å². The van der Waals surface area contributed by atoms with E-state index in [0.717, 1.165) is 16.8 Å². The van der Waals surface area contributed by atoms with Crippen LogP contribution in [0, 0.1) is 13.8 Å². The van der Waals surface area contributed by atoms with Crippen LogP contribution >= 0.6 is 11.6 Å². The summed E-state index contributed by atoms with van der Waals surface area (Å²) >= 11 is 5.92. The van der Waals surface area contributed by atoms with E-state index in [1.54, 1.807) is 17.1 Å². The van der Waals surface area contributed by atoms with Gasteiger partial charge in [-0.15, -0.1) is 11.6 Å². The summed E-state index contributed by atoms with van der Waals surface area (Å²) in [7, 11) is 1.84. The van der Waals surface area contributed by atoms with E-state index in [4.69, 9.17) is 16.3 Å². The molecule has 2 heterocycles. The van der Waals surface area contributed by atoms with Crippen LogP contribution in [-0.2, 0) is 12.9 Å². The van der Waals surface area contributed by atoms with Crippen molar-refractivity contribution in [2.24, 2.45) is 7.05 Å². The Balaban J connectivity index is 2.37. The molecule has 0 radical (unpaired) electrons. The van der Waals surface area contributed by atoms with E-state index in [0.29, 0.717) is 17.5 Å². The number of halogens is 1. The molecular formula is C12H14ClN3O. The molecule has 0 atom stereocenters. The third-order valence-electron chi connectivity index (χ3n) is 2.47. The van der Waals surface area contributed by atoms with Crippen LogP contribution in [-0.4, -0.2) is 14.8 Å². The zero-order valence-corrected chi connectivity index (χ0v) is 10.8. The van der Waals surface area contributed by atoms with E-state index in [1.165, 1.54) is 0 Å². The molecule has 2 rings (SSSR count). The molecule has 90 valence electrons. The van der Waals surface area contributed by atoms with Crippen molar-refractivity contribution in [1.82, 2.24) is 14.8 Å². The number of rotatable bonds is 3. The van der Waals surface area contributed by atoms with E-state index >= 15 is 0 Å². The summed E-state index contributed by atoms with van der Waals surface area (Å²) in [4.78, 5) is 4.37. The molecule has 0 amide bonds. The van der Waals surface area contributed by atoms with Gasteiger partial charge in [-0.05, 0) is 25.5 Å². The first-order valence-corrected chi connectivity index (χ1v) is 5.83. The third-order valence-corrected chi connectivity index (χ3v) is 2.73. The molecule has 0 fully saturated rings. The van der Waals surface area contributed by atoms with Gasteiger partial charge in [-0.3, -0.25) is 4.68 Å². The van der Waals surface area contributed by atoms with Crippen LogP contribution < -0.4 is 4.74 Å². The Hall–Kier alpha value is -1.55. The van der Waals surface area contributed by atoms with Gasteiger partial charge in [-0.2, -0.15) is 5.10 Å². The van der Waals surface area contributed by atoms with Gasteiger partial charge in [-0.1, -0.05) is 0 Å². The summed E-state index contributed by atoms with van der Waals surface area (Å²) in [5, 5.41) is 4.04. The average molecular weight is 252 g/mol. The second-order valence-corrected chi connectivity index (χ2v) is 4.22. The summed E-state index contributed by atoms with van der Waals surface area (Å²) in [6.07, 6.45) is 3.44. The quantitative estimate of drug-likeness (QED) is 0.788. The molecule has 0 aromatic carbocycles. The Bertz CT molecular complexity index is 537. The smallest absolute Gasteiger partial charge is 0.224 e. The summed E-state index contributed by atoms with van der Waals surface area (Å²) in [5.74, 6) is 1.61. The van der Waals surface area contributed by atoms with E-state index in [9.17, 15) is 0 Å². The molecule has 0 N–H and O–H groups in total. The molecule has 0 spiro atoms. The molecule has 0 aliphatic carbocycles. The molecule has 4 nitrogen and oxygen atoms in total. The zero-order chi connectivity index (χ0) is 12.4. The van der Waals surface area contributed by atoms with Crippen molar-refractivity contribution in [2.45, 2.75) is 19.7 Å². The van der Waals surface area contributed by atoms with Crippen LogP contribution in [0.4, 0.5) is 0 Å². The van der Waals surface area contributed by atoms with Gasteiger partial charge in [0.1, 0.15) is 0 Å². The van der Waals surface area contributed by atoms with E-state index in [1.807, 2.05) is 27.0 Å². The topological polar surface area (TPSA) is 39.9 Å². The van der Waals surface area contributed by atoms with Gasteiger partial charge in [0.05, 0.1) is 18.3 Å². The number of alkyl halides is 1. The number of pyridine rings is 1. The Labute approximate surface area is 105 Å². The predicted molar refractivity (Wildman–Crippen MR) is 66.6 cm³/mol. The van der Waals surface area contributed by atoms with Crippen molar-refractivity contribution in [3.63, 3.8) is 0 Å². The first-order valence-electron chi connectivity index (χ1n) is 5.29. The van der Waals surface area contributed by atoms with Crippen molar-refractivity contribution < 1.29 is 4.74 Å². The van der Waals surface area contributed by atoms with Crippen LogP contribution in [0.25, 0.3) is 0 Å². The first-order chi connectivity index (χ1) is 8.10. The van der Waals surface area contributed by atoms with E-state index in [2.05, 4.69) is 10.1 Å². The molecule has 2 aromatic heterocycles. The number of ether oxygens (including phenoxy) is 1. The minimum Gasteiger partial charge on any atom is -0.435 e. The summed E-state index contributed by atoms with van der Waals surface area (Å²) < 4.78 is 7.38. The highest BCUT2D eigenvalue weighted by atomic mass is 35.5. The van der Waals surface area contributed by atoms with Crippen molar-refractivity contribution in [1.29, 1.82) is 0 Å². The van der Waals surface area contributed by atoms with Gasteiger partial charge in [0.25, 0.3) is 0 Å². The second kappa shape index (κ2) is 4.75. The fraction of sp³-hybridized carbons (Fsp3) is 0.333. The van der Waals surface area contributed by atoms with Crippen molar-refractivity contribution in [3.05, 3.63) is 35.3 Å². The number of aryl methyl sites for hydroxylation is 3. The third kappa shape index (κ3) is 2.58. The normalized spacial score (nSPS) is 10.6. The van der Waals surface area contributed by atoms with Crippen LogP contribution in [0.2, 0.25) is 0 Å². The van der Waals surface area contributed by atoms with Crippen LogP contribution in [0.5, 0.6) is 11.6 Å². The molecular weight excluding hydrogens is 238 g/mol. The van der Waals surface area contributed by atoms with E-state index < -0.39 is 0 Å². The maximum absolute atomic E-state index is 5.92. The Morgan fingerprint density at radius 3 is 2.76 bits per heavy atom. The van der Waals surface area contributed by atoms with Gasteiger partial charge in [0, 0.05) is 18.3 Å². The lowest BCUT2D eigenvalue weighted by Gasteiger charge is -2.10. The van der Waals surface area contributed by atoms with Crippen LogP contribution in [0.15, 0.2) is 18.5 Å². The molecule has 0 saturated carbocycles. The molecule has 2 aromatic rings. The Morgan fingerprint density at radius 1 is 1.41 bits per heavy atom. The van der Waals surface area contributed by atoms with Crippen LogP contribution in [0.1, 0.15) is 16.8 Å². The fourth-order valence-electron chi connectivity index (χ4n) is 1.64. The second-order valence-electron chi connectivity index (χ2n) is 3.95. The lowest BCUT2D eigenvalue weighted by molar-refractivity contribution is 0.456. The SMILES string of the molecule is Cc1cc(C)c(CCl)c(Oc2cnn(C)c2)n1. The van der Waals surface area contributed by atoms with E-state index in [-0.39, 0.29) is 0 Å². The van der Waals surface area contributed by atoms with Gasteiger partial charge in [-0.25, -0.2) is 4.98 Å². The number of nitrogens with zero attached hydrogens (tertiary/aromatic N) is 3. The summed E-state index contributed by atoms with van der Waals surface area (Å²) in [6, 6.07) is 1.99. The molecule has 0 unspecified atom stereocenters. The minimum atomic E-state index is 0.384. The van der Waals surface area contributed by atoms with Crippen molar-refractivity contribution >= 4 is 11.6 Å². The highest BCUT2D eigenvalue weighted by Gasteiger charge is 2.11. The molecule has 0 bridgehead atoms. The Kier molecular flexibility index (Phi) is 3.33. The number of hydrogen-bond acceptors (Lipinski definition) is 3. The molecule has 0 aliphatic rings. The highest BCUT2D eigenvalue weighted by molar-refractivity contribution is 6.17. The molecule has 0 saturated heterocycles. The standard InChI is InChI=1S/C12H14ClN3O/c1-8-4-9(2)15-12(11(8)5-13)17-10-6-14-16(3)7-10/h4,6-7H,5H2,1-3H3. The predicted octanol–water partition coefficient (Wildman–Crippen LogP) is 2.96.